The highest BCUT2D eigenvalue weighted by Crippen LogP contribution is 2.31. The van der Waals surface area contributed by atoms with E-state index in [4.69, 9.17) is 9.47 Å². The van der Waals surface area contributed by atoms with Crippen molar-refractivity contribution in [3.05, 3.63) is 34.8 Å². The number of carbonyl (C=O) groups is 1. The Morgan fingerprint density at radius 1 is 1.18 bits per heavy atom. The first kappa shape index (κ1) is 20.6. The number of ether oxygens (including phenoxy) is 2. The van der Waals surface area contributed by atoms with E-state index in [1.165, 1.54) is 16.9 Å². The van der Waals surface area contributed by atoms with Crippen LogP contribution in [0.3, 0.4) is 0 Å². The van der Waals surface area contributed by atoms with Crippen LogP contribution in [0.1, 0.15) is 63.4 Å². The number of carbonyl (C=O) groups excluding carboxylic acids is 1. The summed E-state index contributed by atoms with van der Waals surface area (Å²) in [6.45, 7) is 9.26. The summed E-state index contributed by atoms with van der Waals surface area (Å²) in [6, 6.07) is 8.18. The van der Waals surface area contributed by atoms with Crippen LogP contribution in [0.4, 0.5) is 4.79 Å². The fourth-order valence-electron chi connectivity index (χ4n) is 3.23. The molecule has 1 fully saturated rings. The summed E-state index contributed by atoms with van der Waals surface area (Å²) in [5.74, 6) is 1.22. The lowest BCUT2D eigenvalue weighted by Crippen LogP contribution is -2.41. The molecular weight excluding hydrogens is 374 g/mol. The van der Waals surface area contributed by atoms with Gasteiger partial charge >= 0.3 is 6.09 Å². The molecule has 7 heteroatoms. The molecule has 0 radical (unpaired) electrons. The average molecular weight is 404 g/mol. The number of piperidine rings is 1. The molecule has 0 aliphatic carbocycles. The molecular formula is C21H29N3O3S. The van der Waals surface area contributed by atoms with E-state index < -0.39 is 5.60 Å². The van der Waals surface area contributed by atoms with Crippen LogP contribution in [-0.4, -0.2) is 39.9 Å². The molecule has 0 saturated carbocycles. The van der Waals surface area contributed by atoms with Gasteiger partial charge in [0.1, 0.15) is 16.4 Å². The predicted octanol–water partition coefficient (Wildman–Crippen LogP) is 5.40. The highest BCUT2D eigenvalue weighted by Gasteiger charge is 2.27. The lowest BCUT2D eigenvalue weighted by molar-refractivity contribution is 0.0205. The molecule has 1 aliphatic rings. The minimum Gasteiger partial charge on any atom is -0.444 e. The smallest absolute Gasteiger partial charge is 0.410 e. The summed E-state index contributed by atoms with van der Waals surface area (Å²) in [4.78, 5) is 14.0. The number of benzene rings is 1. The zero-order valence-electron chi connectivity index (χ0n) is 17.1. The molecule has 2 aromatic rings. The maximum atomic E-state index is 12.2. The zero-order valence-corrected chi connectivity index (χ0v) is 17.9. The van der Waals surface area contributed by atoms with Crippen LogP contribution >= 0.6 is 11.3 Å². The van der Waals surface area contributed by atoms with Crippen LogP contribution in [0.25, 0.3) is 0 Å². The minimum atomic E-state index is -0.450. The number of amides is 1. The second-order valence-electron chi connectivity index (χ2n) is 8.12. The van der Waals surface area contributed by atoms with E-state index in [2.05, 4.69) is 29.3 Å². The first-order chi connectivity index (χ1) is 13.3. The van der Waals surface area contributed by atoms with Gasteiger partial charge in [0.15, 0.2) is 0 Å². The topological polar surface area (TPSA) is 64.6 Å². The second kappa shape index (κ2) is 8.90. The van der Waals surface area contributed by atoms with Gasteiger partial charge in [-0.1, -0.05) is 35.5 Å². The number of rotatable bonds is 5. The molecule has 1 amide bonds. The van der Waals surface area contributed by atoms with Gasteiger partial charge in [0.05, 0.1) is 0 Å². The summed E-state index contributed by atoms with van der Waals surface area (Å²) in [7, 11) is 0. The van der Waals surface area contributed by atoms with Crippen molar-refractivity contribution in [2.24, 2.45) is 0 Å². The van der Waals surface area contributed by atoms with Gasteiger partial charge in [-0.2, -0.15) is 0 Å². The number of hydrogen-bond acceptors (Lipinski definition) is 6. The second-order valence-corrected chi connectivity index (χ2v) is 9.15. The molecule has 0 unspecified atom stereocenters. The summed E-state index contributed by atoms with van der Waals surface area (Å²) in [6.07, 6.45) is 3.65. The van der Waals surface area contributed by atoms with Gasteiger partial charge in [0.25, 0.3) is 5.19 Å². The molecule has 0 bridgehead atoms. The first-order valence-electron chi connectivity index (χ1n) is 9.92. The van der Waals surface area contributed by atoms with E-state index in [1.807, 2.05) is 37.8 Å². The van der Waals surface area contributed by atoms with Crippen molar-refractivity contribution in [3.63, 3.8) is 0 Å². The van der Waals surface area contributed by atoms with Crippen LogP contribution < -0.4 is 4.74 Å². The Morgan fingerprint density at radius 2 is 1.86 bits per heavy atom. The standard InChI is InChI=1S/C21H29N3O3S/c1-5-6-18-22-23-19(28-18)26-17-9-7-15(8-10-17)16-11-13-24(14-12-16)20(25)27-21(2,3)4/h7-10,16H,5-6,11-14H2,1-4H3. The molecule has 1 aromatic heterocycles. The molecule has 1 aromatic carbocycles. The van der Waals surface area contributed by atoms with E-state index in [0.29, 0.717) is 11.1 Å². The SMILES string of the molecule is CCCc1nnc(Oc2ccc(C3CCN(C(=O)OC(C)(C)C)CC3)cc2)s1. The van der Waals surface area contributed by atoms with Crippen LogP contribution in [0, 0.1) is 0 Å². The van der Waals surface area contributed by atoms with Gasteiger partial charge in [-0.25, -0.2) is 4.79 Å². The Labute approximate surface area is 170 Å². The van der Waals surface area contributed by atoms with Crippen LogP contribution in [0.5, 0.6) is 10.9 Å². The Bertz CT molecular complexity index is 775. The fraction of sp³-hybridized carbons (Fsp3) is 0.571. The number of aryl methyl sites for hydroxylation is 1. The molecule has 3 rings (SSSR count). The van der Waals surface area contributed by atoms with Crippen LogP contribution in [0.15, 0.2) is 24.3 Å². The van der Waals surface area contributed by atoms with Gasteiger partial charge in [-0.15, -0.1) is 5.10 Å². The van der Waals surface area contributed by atoms with Gasteiger partial charge in [-0.05, 0) is 63.6 Å². The Kier molecular flexibility index (Phi) is 6.54. The van der Waals surface area contributed by atoms with Crippen LogP contribution in [-0.2, 0) is 11.2 Å². The summed E-state index contributed by atoms with van der Waals surface area (Å²) >= 11 is 1.50. The molecule has 6 nitrogen and oxygen atoms in total. The highest BCUT2D eigenvalue weighted by atomic mass is 32.1. The van der Waals surface area contributed by atoms with Gasteiger partial charge in [-0.3, -0.25) is 0 Å². The van der Waals surface area contributed by atoms with Crippen LogP contribution in [0.2, 0.25) is 0 Å². The van der Waals surface area contributed by atoms with E-state index in [0.717, 1.165) is 49.5 Å². The third kappa shape index (κ3) is 5.67. The third-order valence-electron chi connectivity index (χ3n) is 4.62. The molecule has 1 aliphatic heterocycles. The fourth-order valence-corrected chi connectivity index (χ4v) is 4.03. The van der Waals surface area contributed by atoms with Crippen molar-refractivity contribution in [3.8, 4) is 10.9 Å². The third-order valence-corrected chi connectivity index (χ3v) is 5.48. The normalized spacial score (nSPS) is 15.5. The van der Waals surface area contributed by atoms with E-state index in [-0.39, 0.29) is 6.09 Å². The molecule has 0 N–H and O–H groups in total. The molecule has 152 valence electrons. The molecule has 1 saturated heterocycles. The maximum Gasteiger partial charge on any atom is 0.410 e. The van der Waals surface area contributed by atoms with E-state index >= 15 is 0 Å². The Balaban J connectivity index is 1.52. The first-order valence-corrected chi connectivity index (χ1v) is 10.7. The van der Waals surface area contributed by atoms with Crippen molar-refractivity contribution >= 4 is 17.4 Å². The number of hydrogen-bond donors (Lipinski definition) is 0. The molecule has 0 atom stereocenters. The van der Waals surface area contributed by atoms with Crippen molar-refractivity contribution in [2.45, 2.75) is 64.9 Å². The number of likely N-dealkylation sites (tertiary alicyclic amines) is 1. The van der Waals surface area contributed by atoms with E-state index in [1.54, 1.807) is 0 Å². The quantitative estimate of drug-likeness (QED) is 0.669. The van der Waals surface area contributed by atoms with Crippen molar-refractivity contribution in [1.29, 1.82) is 0 Å². The molecule has 2 heterocycles. The van der Waals surface area contributed by atoms with Gasteiger partial charge in [0, 0.05) is 19.5 Å². The maximum absolute atomic E-state index is 12.2. The van der Waals surface area contributed by atoms with Gasteiger partial charge < -0.3 is 14.4 Å². The summed E-state index contributed by atoms with van der Waals surface area (Å²) in [5.41, 5.74) is 0.828. The average Bonchev–Trinajstić information content (AvgIpc) is 3.08. The summed E-state index contributed by atoms with van der Waals surface area (Å²) < 4.78 is 11.3. The Morgan fingerprint density at radius 3 is 2.46 bits per heavy atom. The molecule has 0 spiro atoms. The predicted molar refractivity (Wildman–Crippen MR) is 110 cm³/mol. The minimum absolute atomic E-state index is 0.214. The van der Waals surface area contributed by atoms with Crippen molar-refractivity contribution in [1.82, 2.24) is 15.1 Å². The van der Waals surface area contributed by atoms with Crippen molar-refractivity contribution in [2.75, 3.05) is 13.1 Å². The molecule has 28 heavy (non-hydrogen) atoms. The number of nitrogens with zero attached hydrogens (tertiary/aromatic N) is 3. The van der Waals surface area contributed by atoms with Crippen molar-refractivity contribution < 1.29 is 14.3 Å². The van der Waals surface area contributed by atoms with E-state index in [9.17, 15) is 4.79 Å². The largest absolute Gasteiger partial charge is 0.444 e. The van der Waals surface area contributed by atoms with Gasteiger partial charge in [0.2, 0.25) is 0 Å². The zero-order chi connectivity index (χ0) is 20.1. The monoisotopic (exact) mass is 403 g/mol. The number of aromatic nitrogens is 2. The lowest BCUT2D eigenvalue weighted by atomic mass is 9.89. The lowest BCUT2D eigenvalue weighted by Gasteiger charge is -2.33. The Hall–Kier alpha value is -2.15. The highest BCUT2D eigenvalue weighted by molar-refractivity contribution is 7.13. The summed E-state index contributed by atoms with van der Waals surface area (Å²) in [5, 5.41) is 9.82.